The van der Waals surface area contributed by atoms with Crippen LogP contribution in [0.3, 0.4) is 0 Å². The Morgan fingerprint density at radius 3 is 1.82 bits per heavy atom. The third kappa shape index (κ3) is 8.93. The van der Waals surface area contributed by atoms with E-state index in [9.17, 15) is 0 Å². The van der Waals surface area contributed by atoms with Gasteiger partial charge >= 0.3 is 0 Å². The van der Waals surface area contributed by atoms with Gasteiger partial charge in [-0.25, -0.2) is 0 Å². The smallest absolute Gasteiger partial charge is 0.0456 e. The Bertz CT molecular complexity index is 239. The van der Waals surface area contributed by atoms with E-state index in [1.54, 1.807) is 0 Å². The monoisotopic (exact) mass is 238 g/mol. The number of hydrogen-bond acceptors (Lipinski definition) is 1. The zero-order chi connectivity index (χ0) is 12.4. The highest BCUT2D eigenvalue weighted by Gasteiger charge is 1.98. The fraction of sp³-hybridized carbons (Fsp3) is 0.625. The normalized spacial score (nSPS) is 12.8. The first-order valence-corrected chi connectivity index (χ1v) is 6.31. The highest BCUT2D eigenvalue weighted by molar-refractivity contribution is 5.18. The molecule has 2 atom stereocenters. The molecule has 100 valence electrons. The van der Waals surface area contributed by atoms with Gasteiger partial charge in [0, 0.05) is 6.61 Å². The first-order chi connectivity index (χ1) is 7.65. The van der Waals surface area contributed by atoms with E-state index in [4.69, 9.17) is 5.11 Å². The number of benzene rings is 1. The molecule has 1 heteroatoms. The van der Waals surface area contributed by atoms with Crippen molar-refractivity contribution in [3.63, 3.8) is 0 Å². The molecule has 1 aromatic carbocycles. The molecule has 0 aliphatic heterocycles. The summed E-state index contributed by atoms with van der Waals surface area (Å²) in [4.78, 5) is 0. The van der Waals surface area contributed by atoms with Gasteiger partial charge in [0.15, 0.2) is 0 Å². The molecule has 0 aliphatic carbocycles. The van der Waals surface area contributed by atoms with E-state index in [1.165, 1.54) is 12.0 Å². The number of aliphatic hydroxyl groups excluding tert-OH is 1. The van der Waals surface area contributed by atoms with E-state index in [-0.39, 0.29) is 7.43 Å². The molecular formula is C16H30O. The summed E-state index contributed by atoms with van der Waals surface area (Å²) in [6, 6.07) is 10.6. The van der Waals surface area contributed by atoms with Crippen molar-refractivity contribution < 1.29 is 5.11 Å². The predicted octanol–water partition coefficient (Wildman–Crippen LogP) is 4.86. The van der Waals surface area contributed by atoms with Crippen molar-refractivity contribution in [3.05, 3.63) is 35.9 Å². The minimum Gasteiger partial charge on any atom is -0.396 e. The molecule has 1 rings (SSSR count). The summed E-state index contributed by atoms with van der Waals surface area (Å²) in [6.45, 7) is 8.91. The van der Waals surface area contributed by atoms with Gasteiger partial charge in [-0.1, -0.05) is 71.9 Å². The summed E-state index contributed by atoms with van der Waals surface area (Å²) in [6.07, 6.45) is 2.31. The standard InChI is InChI=1S/C10H14.C5H12O.CH4/c1-3-9(2)10-7-5-4-6-8-10;1-3-5(2)4-6;/h4-9H,3H2,1-2H3;5-6H,3-4H2,1-2H3;1H4. The van der Waals surface area contributed by atoms with Crippen LogP contribution in [0.2, 0.25) is 0 Å². The molecule has 0 heterocycles. The van der Waals surface area contributed by atoms with Crippen LogP contribution in [-0.4, -0.2) is 11.7 Å². The zero-order valence-electron chi connectivity index (χ0n) is 11.1. The largest absolute Gasteiger partial charge is 0.396 e. The Balaban J connectivity index is 0. The Kier molecular flexibility index (Phi) is 12.7. The Hall–Kier alpha value is -0.820. The van der Waals surface area contributed by atoms with E-state index in [2.05, 4.69) is 51.1 Å². The van der Waals surface area contributed by atoms with Gasteiger partial charge in [0.05, 0.1) is 0 Å². The van der Waals surface area contributed by atoms with Gasteiger partial charge in [0.2, 0.25) is 0 Å². The van der Waals surface area contributed by atoms with Gasteiger partial charge in [-0.15, -0.1) is 0 Å². The molecule has 1 nitrogen and oxygen atoms in total. The predicted molar refractivity (Wildman–Crippen MR) is 78.4 cm³/mol. The van der Waals surface area contributed by atoms with Gasteiger partial charge in [-0.2, -0.15) is 0 Å². The second kappa shape index (κ2) is 11.7. The topological polar surface area (TPSA) is 20.2 Å². The van der Waals surface area contributed by atoms with Crippen molar-refractivity contribution in [2.45, 2.75) is 53.9 Å². The maximum atomic E-state index is 8.33. The molecule has 0 aliphatic rings. The molecule has 0 spiro atoms. The third-order valence-electron chi connectivity index (χ3n) is 2.99. The van der Waals surface area contributed by atoms with Crippen LogP contribution < -0.4 is 0 Å². The lowest BCUT2D eigenvalue weighted by Gasteiger charge is -2.06. The van der Waals surface area contributed by atoms with E-state index in [1.807, 2.05) is 6.92 Å². The lowest BCUT2D eigenvalue weighted by atomic mass is 9.99. The number of aliphatic hydroxyl groups is 1. The molecule has 2 unspecified atom stereocenters. The molecule has 17 heavy (non-hydrogen) atoms. The molecule has 0 saturated carbocycles. The van der Waals surface area contributed by atoms with Crippen LogP contribution in [0.15, 0.2) is 30.3 Å². The van der Waals surface area contributed by atoms with Gasteiger partial charge < -0.3 is 5.11 Å². The molecule has 0 saturated heterocycles. The molecular weight excluding hydrogens is 208 g/mol. The maximum absolute atomic E-state index is 8.33. The van der Waals surface area contributed by atoms with E-state index in [0.29, 0.717) is 18.4 Å². The fourth-order valence-electron chi connectivity index (χ4n) is 1.15. The third-order valence-corrected chi connectivity index (χ3v) is 2.99. The molecule has 0 radical (unpaired) electrons. The lowest BCUT2D eigenvalue weighted by Crippen LogP contribution is -1.96. The van der Waals surface area contributed by atoms with Crippen LogP contribution in [0.4, 0.5) is 0 Å². The Morgan fingerprint density at radius 2 is 1.53 bits per heavy atom. The van der Waals surface area contributed by atoms with Crippen LogP contribution >= 0.6 is 0 Å². The summed E-state index contributed by atoms with van der Waals surface area (Å²) in [5, 5.41) is 8.33. The second-order valence-electron chi connectivity index (χ2n) is 4.42. The fourth-order valence-corrected chi connectivity index (χ4v) is 1.15. The summed E-state index contributed by atoms with van der Waals surface area (Å²) in [7, 11) is 0. The highest BCUT2D eigenvalue weighted by atomic mass is 16.3. The molecule has 1 aromatic rings. The van der Waals surface area contributed by atoms with Gasteiger partial charge in [0.25, 0.3) is 0 Å². The molecule has 1 N–H and O–H groups in total. The van der Waals surface area contributed by atoms with Crippen molar-refractivity contribution in [2.75, 3.05) is 6.61 Å². The first kappa shape index (κ1) is 18.5. The van der Waals surface area contributed by atoms with E-state index in [0.717, 1.165) is 6.42 Å². The first-order valence-electron chi connectivity index (χ1n) is 6.31. The average molecular weight is 238 g/mol. The minimum absolute atomic E-state index is 0. The van der Waals surface area contributed by atoms with Gasteiger partial charge in [0.1, 0.15) is 0 Å². The van der Waals surface area contributed by atoms with E-state index < -0.39 is 0 Å². The molecule has 0 bridgehead atoms. The second-order valence-corrected chi connectivity index (χ2v) is 4.42. The van der Waals surface area contributed by atoms with Crippen molar-refractivity contribution in [3.8, 4) is 0 Å². The van der Waals surface area contributed by atoms with Crippen LogP contribution in [0.25, 0.3) is 0 Å². The SMILES string of the molecule is C.CCC(C)CO.CCC(C)c1ccccc1. The van der Waals surface area contributed by atoms with Gasteiger partial charge in [-0.05, 0) is 23.8 Å². The molecule has 0 fully saturated rings. The molecule has 0 amide bonds. The number of rotatable bonds is 4. The van der Waals surface area contributed by atoms with Crippen LogP contribution in [-0.2, 0) is 0 Å². The quantitative estimate of drug-likeness (QED) is 0.794. The van der Waals surface area contributed by atoms with Crippen molar-refractivity contribution in [1.82, 2.24) is 0 Å². The Morgan fingerprint density at radius 1 is 1.00 bits per heavy atom. The minimum atomic E-state index is 0. The Labute approximate surface area is 108 Å². The average Bonchev–Trinajstić information content (AvgIpc) is 2.38. The van der Waals surface area contributed by atoms with Crippen molar-refractivity contribution in [1.29, 1.82) is 0 Å². The van der Waals surface area contributed by atoms with Crippen molar-refractivity contribution >= 4 is 0 Å². The lowest BCUT2D eigenvalue weighted by molar-refractivity contribution is 0.234. The van der Waals surface area contributed by atoms with Gasteiger partial charge in [-0.3, -0.25) is 0 Å². The maximum Gasteiger partial charge on any atom is 0.0456 e. The van der Waals surface area contributed by atoms with Crippen molar-refractivity contribution in [2.24, 2.45) is 5.92 Å². The summed E-state index contributed by atoms with van der Waals surface area (Å²) in [5.41, 5.74) is 1.45. The van der Waals surface area contributed by atoms with Crippen LogP contribution in [0.1, 0.15) is 59.4 Å². The zero-order valence-corrected chi connectivity index (χ0v) is 11.1. The van der Waals surface area contributed by atoms with Crippen LogP contribution in [0.5, 0.6) is 0 Å². The summed E-state index contributed by atoms with van der Waals surface area (Å²) >= 11 is 0. The highest BCUT2D eigenvalue weighted by Crippen LogP contribution is 2.16. The summed E-state index contributed by atoms with van der Waals surface area (Å²) in [5.74, 6) is 1.20. The number of hydrogen-bond donors (Lipinski definition) is 1. The molecule has 0 aromatic heterocycles. The van der Waals surface area contributed by atoms with Crippen LogP contribution in [0, 0.1) is 5.92 Å². The summed E-state index contributed by atoms with van der Waals surface area (Å²) < 4.78 is 0. The van der Waals surface area contributed by atoms with E-state index >= 15 is 0 Å².